The maximum absolute atomic E-state index is 6.27. The predicted octanol–water partition coefficient (Wildman–Crippen LogP) is 4.75. The Hall–Kier alpha value is -1.52. The van der Waals surface area contributed by atoms with Gasteiger partial charge in [-0.1, -0.05) is 18.5 Å². The van der Waals surface area contributed by atoms with E-state index in [0.717, 1.165) is 53.5 Å². The molecule has 1 aromatic carbocycles. The molecule has 5 heteroatoms. The van der Waals surface area contributed by atoms with Gasteiger partial charge in [0.05, 0.1) is 17.8 Å². The summed E-state index contributed by atoms with van der Waals surface area (Å²) in [6.45, 7) is 7.65. The number of piperidine rings is 1. The summed E-state index contributed by atoms with van der Waals surface area (Å²) < 4.78 is 6.27. The number of hydrogen-bond donors (Lipinski definition) is 1. The Kier molecular flexibility index (Phi) is 5.51. The number of halogens is 1. The summed E-state index contributed by atoms with van der Waals surface area (Å²) in [7, 11) is 0. The van der Waals surface area contributed by atoms with Gasteiger partial charge in [0.1, 0.15) is 0 Å². The quantitative estimate of drug-likeness (QED) is 0.820. The number of ether oxygens (including phenoxy) is 1. The normalized spacial score (nSPS) is 18.5. The van der Waals surface area contributed by atoms with Crippen molar-refractivity contribution in [3.63, 3.8) is 0 Å². The summed E-state index contributed by atoms with van der Waals surface area (Å²) >= 11 is 6.21. The molecular formula is C21H28ClN3O. The highest BCUT2D eigenvalue weighted by Gasteiger charge is 2.22. The lowest BCUT2D eigenvalue weighted by molar-refractivity contribution is 0.139. The van der Waals surface area contributed by atoms with Crippen LogP contribution in [0.2, 0.25) is 5.02 Å². The molecule has 1 N–H and O–H groups in total. The number of likely N-dealkylation sites (tertiary alicyclic amines) is 1. The molecule has 1 aromatic heterocycles. The first-order valence-corrected chi connectivity index (χ1v) is 10.3. The van der Waals surface area contributed by atoms with Crippen molar-refractivity contribution in [1.29, 1.82) is 0 Å². The lowest BCUT2D eigenvalue weighted by Gasteiger charge is -2.31. The van der Waals surface area contributed by atoms with Gasteiger partial charge in [-0.2, -0.15) is 0 Å². The van der Waals surface area contributed by atoms with Crippen molar-refractivity contribution in [3.05, 3.63) is 28.8 Å². The number of aromatic nitrogens is 1. The Morgan fingerprint density at radius 1 is 1.31 bits per heavy atom. The number of fused-ring (bicyclic) bond motifs is 3. The van der Waals surface area contributed by atoms with Gasteiger partial charge in [-0.15, -0.1) is 0 Å². The highest BCUT2D eigenvalue weighted by Crippen LogP contribution is 2.37. The minimum atomic E-state index is 0.637. The van der Waals surface area contributed by atoms with Gasteiger partial charge in [-0.25, -0.2) is 4.98 Å². The summed E-state index contributed by atoms with van der Waals surface area (Å²) in [5, 5.41) is 5.40. The number of hydrogen-bond acceptors (Lipinski definition) is 4. The summed E-state index contributed by atoms with van der Waals surface area (Å²) in [5.74, 6) is 1.45. The molecule has 0 aliphatic carbocycles. The molecule has 0 spiro atoms. The zero-order valence-corrected chi connectivity index (χ0v) is 16.3. The summed E-state index contributed by atoms with van der Waals surface area (Å²) in [5.41, 5.74) is 3.33. The van der Waals surface area contributed by atoms with Crippen molar-refractivity contribution in [2.45, 2.75) is 39.0 Å². The smallest absolute Gasteiger partial charge is 0.219 e. The van der Waals surface area contributed by atoms with Crippen LogP contribution in [0.4, 0.5) is 5.69 Å². The van der Waals surface area contributed by atoms with Gasteiger partial charge in [0.2, 0.25) is 5.88 Å². The highest BCUT2D eigenvalue weighted by atomic mass is 35.5. The van der Waals surface area contributed by atoms with Crippen LogP contribution in [-0.2, 0) is 6.42 Å². The van der Waals surface area contributed by atoms with Crippen LogP contribution < -0.4 is 10.1 Å². The van der Waals surface area contributed by atoms with Gasteiger partial charge in [-0.3, -0.25) is 0 Å². The van der Waals surface area contributed by atoms with Crippen LogP contribution in [0.15, 0.2) is 18.2 Å². The molecule has 4 nitrogen and oxygen atoms in total. The number of nitrogens with one attached hydrogen (secondary N) is 1. The molecule has 0 radical (unpaired) electrons. The topological polar surface area (TPSA) is 37.4 Å². The molecule has 0 unspecified atom stereocenters. The second-order valence-corrected chi connectivity index (χ2v) is 7.99. The highest BCUT2D eigenvalue weighted by molar-refractivity contribution is 6.31. The van der Waals surface area contributed by atoms with Crippen molar-refractivity contribution in [2.75, 3.05) is 38.1 Å². The van der Waals surface area contributed by atoms with E-state index in [-0.39, 0.29) is 0 Å². The Morgan fingerprint density at radius 3 is 2.96 bits per heavy atom. The lowest BCUT2D eigenvalue weighted by atomic mass is 9.97. The molecule has 2 aromatic rings. The third kappa shape index (κ3) is 3.77. The van der Waals surface area contributed by atoms with Crippen LogP contribution in [0.5, 0.6) is 5.88 Å². The van der Waals surface area contributed by atoms with Gasteiger partial charge in [-0.05, 0) is 75.9 Å². The van der Waals surface area contributed by atoms with E-state index in [9.17, 15) is 0 Å². The van der Waals surface area contributed by atoms with Gasteiger partial charge in [0.15, 0.2) is 0 Å². The Bertz CT molecular complexity index is 771. The molecule has 1 saturated heterocycles. The van der Waals surface area contributed by atoms with E-state index in [1.165, 1.54) is 44.5 Å². The van der Waals surface area contributed by atoms with E-state index in [0.29, 0.717) is 5.92 Å². The number of pyridine rings is 1. The molecule has 140 valence electrons. The second-order valence-electron chi connectivity index (χ2n) is 7.56. The summed E-state index contributed by atoms with van der Waals surface area (Å²) in [6.07, 6.45) is 5.83. The Balaban J connectivity index is 1.51. The molecule has 1 fully saturated rings. The zero-order valence-electron chi connectivity index (χ0n) is 15.6. The van der Waals surface area contributed by atoms with E-state index in [4.69, 9.17) is 21.3 Å². The van der Waals surface area contributed by atoms with E-state index >= 15 is 0 Å². The van der Waals surface area contributed by atoms with Crippen molar-refractivity contribution in [3.8, 4) is 5.88 Å². The van der Waals surface area contributed by atoms with Crippen LogP contribution in [0.25, 0.3) is 10.9 Å². The van der Waals surface area contributed by atoms with Crippen LogP contribution in [0.3, 0.4) is 0 Å². The molecule has 0 bridgehead atoms. The molecule has 0 atom stereocenters. The minimum absolute atomic E-state index is 0.637. The fraction of sp³-hybridized carbons (Fsp3) is 0.571. The first kappa shape index (κ1) is 17.9. The van der Waals surface area contributed by atoms with Crippen LogP contribution in [0.1, 0.15) is 38.2 Å². The third-order valence-electron chi connectivity index (χ3n) is 5.62. The fourth-order valence-corrected chi connectivity index (χ4v) is 4.35. The van der Waals surface area contributed by atoms with Crippen molar-refractivity contribution in [1.82, 2.24) is 9.88 Å². The first-order chi connectivity index (χ1) is 12.7. The van der Waals surface area contributed by atoms with Crippen LogP contribution >= 0.6 is 11.6 Å². The van der Waals surface area contributed by atoms with Crippen molar-refractivity contribution < 1.29 is 4.74 Å². The fourth-order valence-electron chi connectivity index (χ4n) is 4.17. The van der Waals surface area contributed by atoms with Crippen molar-refractivity contribution >= 4 is 28.2 Å². The monoisotopic (exact) mass is 373 g/mol. The zero-order chi connectivity index (χ0) is 17.9. The van der Waals surface area contributed by atoms with E-state index in [1.54, 1.807) is 0 Å². The average Bonchev–Trinajstić information content (AvgIpc) is 2.68. The largest absolute Gasteiger partial charge is 0.477 e. The lowest BCUT2D eigenvalue weighted by Crippen LogP contribution is -2.36. The van der Waals surface area contributed by atoms with Gasteiger partial charge >= 0.3 is 0 Å². The number of anilines is 1. The predicted molar refractivity (Wildman–Crippen MR) is 109 cm³/mol. The molecule has 0 amide bonds. The van der Waals surface area contributed by atoms with E-state index in [2.05, 4.69) is 17.1 Å². The Labute approximate surface area is 160 Å². The van der Waals surface area contributed by atoms with Gasteiger partial charge in [0, 0.05) is 22.5 Å². The molecule has 2 aliphatic rings. The maximum Gasteiger partial charge on any atom is 0.219 e. The molecule has 3 heterocycles. The standard InChI is InChI=1S/C21H28ClN3O/c1-2-10-25-11-7-15(8-12-25)14-26-21-17-4-3-9-23-20(17)18-13-16(22)5-6-19(18)24-21/h5-6,13,15,23H,2-4,7-12,14H2,1H3. The minimum Gasteiger partial charge on any atom is -0.477 e. The molecular weight excluding hydrogens is 346 g/mol. The number of benzene rings is 1. The molecule has 0 saturated carbocycles. The molecule has 4 rings (SSSR count). The molecule has 2 aliphatic heterocycles. The van der Waals surface area contributed by atoms with Crippen LogP contribution in [-0.4, -0.2) is 42.7 Å². The van der Waals surface area contributed by atoms with Gasteiger partial charge in [0.25, 0.3) is 0 Å². The average molecular weight is 374 g/mol. The van der Waals surface area contributed by atoms with Crippen LogP contribution in [0, 0.1) is 5.92 Å². The molecule has 26 heavy (non-hydrogen) atoms. The maximum atomic E-state index is 6.27. The number of nitrogens with zero attached hydrogens (tertiary/aromatic N) is 2. The second kappa shape index (κ2) is 8.01. The number of rotatable bonds is 5. The summed E-state index contributed by atoms with van der Waals surface area (Å²) in [4.78, 5) is 7.40. The van der Waals surface area contributed by atoms with E-state index < -0.39 is 0 Å². The Morgan fingerprint density at radius 2 is 2.15 bits per heavy atom. The SMILES string of the molecule is CCCN1CCC(COc2nc3ccc(Cl)cc3c3c2CCCN3)CC1. The van der Waals surface area contributed by atoms with E-state index in [1.807, 2.05) is 18.2 Å². The summed E-state index contributed by atoms with van der Waals surface area (Å²) in [6, 6.07) is 5.90. The third-order valence-corrected chi connectivity index (χ3v) is 5.85. The van der Waals surface area contributed by atoms with Gasteiger partial charge < -0.3 is 15.0 Å². The first-order valence-electron chi connectivity index (χ1n) is 9.95. The van der Waals surface area contributed by atoms with Crippen molar-refractivity contribution in [2.24, 2.45) is 5.92 Å².